The van der Waals surface area contributed by atoms with Gasteiger partial charge in [-0.05, 0) is 30.9 Å². The van der Waals surface area contributed by atoms with Crippen molar-refractivity contribution < 1.29 is 14.3 Å². The number of carbonyl (C=O) groups is 1. The summed E-state index contributed by atoms with van der Waals surface area (Å²) in [4.78, 5) is 26.2. The molecule has 2 heterocycles. The number of benzene rings is 1. The van der Waals surface area contributed by atoms with Crippen LogP contribution in [-0.2, 0) is 11.3 Å². The molecule has 1 aromatic heterocycles. The van der Waals surface area contributed by atoms with Crippen molar-refractivity contribution in [1.29, 1.82) is 0 Å². The van der Waals surface area contributed by atoms with Gasteiger partial charge in [0.1, 0.15) is 0 Å². The monoisotopic (exact) mass is 318 g/mol. The van der Waals surface area contributed by atoms with Crippen LogP contribution in [0.1, 0.15) is 26.2 Å². The lowest BCUT2D eigenvalue weighted by atomic mass is 9.91. The minimum atomic E-state index is -0.440. The number of nitrogens with zero attached hydrogens (tertiary/aromatic N) is 2. The van der Waals surface area contributed by atoms with Gasteiger partial charge < -0.3 is 14.4 Å². The van der Waals surface area contributed by atoms with E-state index >= 15 is 0 Å². The molecule has 1 aliphatic rings. The number of hydrogen-bond acceptors (Lipinski definition) is 4. The second-order valence-electron chi connectivity index (χ2n) is 6.19. The normalized spacial score (nSPS) is 21.7. The maximum absolute atomic E-state index is 12.5. The molecule has 1 amide bonds. The SMILES string of the molecule is CC1CCCN(C(=O)CCn2c(=O)oc3ccccc32)C1CO. The van der Waals surface area contributed by atoms with Crippen molar-refractivity contribution in [3.63, 3.8) is 0 Å². The summed E-state index contributed by atoms with van der Waals surface area (Å²) in [5.74, 6) is -0.160. The van der Waals surface area contributed by atoms with Crippen LogP contribution in [0.4, 0.5) is 0 Å². The Hall–Kier alpha value is -2.08. The lowest BCUT2D eigenvalue weighted by molar-refractivity contribution is -0.137. The average Bonchev–Trinajstić information content (AvgIpc) is 2.87. The van der Waals surface area contributed by atoms with Gasteiger partial charge in [0.05, 0.1) is 18.2 Å². The molecule has 0 radical (unpaired) electrons. The molecule has 1 fully saturated rings. The van der Waals surface area contributed by atoms with Crippen LogP contribution < -0.4 is 5.76 Å². The quantitative estimate of drug-likeness (QED) is 0.929. The standard InChI is InChI=1S/C17H22N2O4/c1-12-5-4-9-18(14(12)11-20)16(21)8-10-19-13-6-2-3-7-15(13)23-17(19)22/h2-3,6-7,12,14,20H,4-5,8-11H2,1H3. The van der Waals surface area contributed by atoms with E-state index in [1.165, 1.54) is 4.57 Å². The van der Waals surface area contributed by atoms with E-state index in [0.717, 1.165) is 12.8 Å². The van der Waals surface area contributed by atoms with Crippen LogP contribution in [0, 0.1) is 5.92 Å². The molecule has 2 unspecified atom stereocenters. The number of aliphatic hydroxyl groups excluding tert-OH is 1. The number of likely N-dealkylation sites (tertiary alicyclic amines) is 1. The summed E-state index contributed by atoms with van der Waals surface area (Å²) in [7, 11) is 0. The van der Waals surface area contributed by atoms with Crippen LogP contribution in [0.5, 0.6) is 0 Å². The Morgan fingerprint density at radius 3 is 2.96 bits per heavy atom. The van der Waals surface area contributed by atoms with E-state index in [4.69, 9.17) is 4.42 Å². The number of carbonyl (C=O) groups excluding carboxylic acids is 1. The molecule has 6 heteroatoms. The fourth-order valence-electron chi connectivity index (χ4n) is 3.41. The predicted molar refractivity (Wildman–Crippen MR) is 86.1 cm³/mol. The molecular formula is C17H22N2O4. The van der Waals surface area contributed by atoms with Crippen LogP contribution in [0.2, 0.25) is 0 Å². The lowest BCUT2D eigenvalue weighted by Gasteiger charge is -2.39. The van der Waals surface area contributed by atoms with Gasteiger partial charge in [-0.2, -0.15) is 0 Å². The minimum Gasteiger partial charge on any atom is -0.408 e. The fraction of sp³-hybridized carbons (Fsp3) is 0.529. The van der Waals surface area contributed by atoms with Crippen molar-refractivity contribution in [2.24, 2.45) is 5.92 Å². The molecule has 2 atom stereocenters. The first-order valence-corrected chi connectivity index (χ1v) is 8.10. The molecule has 1 aliphatic heterocycles. The highest BCUT2D eigenvalue weighted by Gasteiger charge is 2.31. The summed E-state index contributed by atoms with van der Waals surface area (Å²) >= 11 is 0. The van der Waals surface area contributed by atoms with Crippen molar-refractivity contribution in [3.8, 4) is 0 Å². The highest BCUT2D eigenvalue weighted by Crippen LogP contribution is 2.23. The zero-order chi connectivity index (χ0) is 16.4. The van der Waals surface area contributed by atoms with Gasteiger partial charge in [0.25, 0.3) is 0 Å². The number of rotatable bonds is 4. The highest BCUT2D eigenvalue weighted by atomic mass is 16.4. The molecular weight excluding hydrogens is 296 g/mol. The molecule has 2 aromatic rings. The summed E-state index contributed by atoms with van der Waals surface area (Å²) in [5.41, 5.74) is 1.24. The van der Waals surface area contributed by atoms with Crippen LogP contribution >= 0.6 is 0 Å². The molecule has 6 nitrogen and oxygen atoms in total. The van der Waals surface area contributed by atoms with Gasteiger partial charge in [0, 0.05) is 19.5 Å². The van der Waals surface area contributed by atoms with Gasteiger partial charge in [-0.1, -0.05) is 19.1 Å². The third-order valence-electron chi connectivity index (χ3n) is 4.75. The van der Waals surface area contributed by atoms with Crippen LogP contribution in [-0.4, -0.2) is 39.7 Å². The number of para-hydroxylation sites is 2. The first-order chi connectivity index (χ1) is 11.1. The summed E-state index contributed by atoms with van der Waals surface area (Å²) in [6, 6.07) is 7.08. The van der Waals surface area contributed by atoms with Crippen molar-refractivity contribution in [2.75, 3.05) is 13.2 Å². The zero-order valence-electron chi connectivity index (χ0n) is 13.3. The number of hydrogen-bond donors (Lipinski definition) is 1. The molecule has 1 N–H and O–H groups in total. The zero-order valence-corrected chi connectivity index (χ0v) is 13.3. The molecule has 0 aliphatic carbocycles. The van der Waals surface area contributed by atoms with Crippen LogP contribution in [0.25, 0.3) is 11.1 Å². The molecule has 1 saturated heterocycles. The van der Waals surface area contributed by atoms with E-state index in [0.29, 0.717) is 23.6 Å². The second kappa shape index (κ2) is 6.58. The third kappa shape index (κ3) is 3.03. The van der Waals surface area contributed by atoms with E-state index in [1.54, 1.807) is 11.0 Å². The van der Waals surface area contributed by atoms with E-state index in [9.17, 15) is 14.7 Å². The summed E-state index contributed by atoms with van der Waals surface area (Å²) < 4.78 is 6.67. The Balaban J connectivity index is 1.73. The number of aliphatic hydroxyl groups is 1. The second-order valence-corrected chi connectivity index (χ2v) is 6.19. The van der Waals surface area contributed by atoms with Crippen molar-refractivity contribution in [1.82, 2.24) is 9.47 Å². The third-order valence-corrected chi connectivity index (χ3v) is 4.75. The first-order valence-electron chi connectivity index (χ1n) is 8.10. The number of aromatic nitrogens is 1. The predicted octanol–water partition coefficient (Wildman–Crippen LogP) is 1.60. The smallest absolute Gasteiger partial charge is 0.408 e. The lowest BCUT2D eigenvalue weighted by Crippen LogP contribution is -2.49. The maximum Gasteiger partial charge on any atom is 0.419 e. The Bertz CT molecular complexity index is 748. The topological polar surface area (TPSA) is 75.7 Å². The number of piperidine rings is 1. The molecule has 1 aromatic carbocycles. The van der Waals surface area contributed by atoms with Gasteiger partial charge in [0.15, 0.2) is 5.58 Å². The molecule has 0 saturated carbocycles. The van der Waals surface area contributed by atoms with Gasteiger partial charge in [-0.25, -0.2) is 4.79 Å². The molecule has 0 bridgehead atoms. The van der Waals surface area contributed by atoms with E-state index in [1.807, 2.05) is 18.2 Å². The molecule has 3 rings (SSSR count). The van der Waals surface area contributed by atoms with E-state index < -0.39 is 5.76 Å². The highest BCUT2D eigenvalue weighted by molar-refractivity contribution is 5.77. The van der Waals surface area contributed by atoms with Crippen LogP contribution in [0.3, 0.4) is 0 Å². The summed E-state index contributed by atoms with van der Waals surface area (Å²) in [5, 5.41) is 9.55. The number of oxazole rings is 1. The average molecular weight is 318 g/mol. The Labute approximate surface area is 134 Å². The Kier molecular flexibility index (Phi) is 4.52. The largest absolute Gasteiger partial charge is 0.419 e. The first kappa shape index (κ1) is 15.8. The van der Waals surface area contributed by atoms with Crippen molar-refractivity contribution >= 4 is 17.0 Å². The fourth-order valence-corrected chi connectivity index (χ4v) is 3.41. The molecule has 23 heavy (non-hydrogen) atoms. The van der Waals surface area contributed by atoms with Crippen molar-refractivity contribution in [2.45, 2.75) is 38.8 Å². The maximum atomic E-state index is 12.5. The number of fused-ring (bicyclic) bond motifs is 1. The van der Waals surface area contributed by atoms with Crippen LogP contribution in [0.15, 0.2) is 33.5 Å². The van der Waals surface area contributed by atoms with Crippen molar-refractivity contribution in [3.05, 3.63) is 34.8 Å². The van der Waals surface area contributed by atoms with Gasteiger partial charge in [-0.15, -0.1) is 0 Å². The molecule has 124 valence electrons. The van der Waals surface area contributed by atoms with E-state index in [-0.39, 0.29) is 31.5 Å². The Morgan fingerprint density at radius 1 is 1.39 bits per heavy atom. The number of amides is 1. The van der Waals surface area contributed by atoms with Gasteiger partial charge >= 0.3 is 5.76 Å². The van der Waals surface area contributed by atoms with Gasteiger partial charge in [-0.3, -0.25) is 9.36 Å². The van der Waals surface area contributed by atoms with Gasteiger partial charge in [0.2, 0.25) is 5.91 Å². The molecule has 0 spiro atoms. The summed E-state index contributed by atoms with van der Waals surface area (Å²) in [6.45, 7) is 3.02. The summed E-state index contributed by atoms with van der Waals surface area (Å²) in [6.07, 6.45) is 2.21. The minimum absolute atomic E-state index is 0.0124. The van der Waals surface area contributed by atoms with E-state index in [2.05, 4.69) is 6.92 Å². The Morgan fingerprint density at radius 2 is 2.17 bits per heavy atom. The number of aryl methyl sites for hydroxylation is 1.